The van der Waals surface area contributed by atoms with Crippen molar-refractivity contribution in [3.05, 3.63) is 0 Å². The van der Waals surface area contributed by atoms with Gasteiger partial charge >= 0.3 is 0 Å². The normalized spacial score (nSPS) is 42.9. The first-order valence-corrected chi connectivity index (χ1v) is 4.69. The monoisotopic (exact) mass is 207 g/mol. The zero-order valence-electron chi connectivity index (χ0n) is 7.95. The van der Waals surface area contributed by atoms with Crippen LogP contribution in [-0.2, 0) is 4.74 Å². The van der Waals surface area contributed by atoms with Gasteiger partial charge in [0.15, 0.2) is 0 Å². The molecule has 2 atom stereocenters. The smallest absolute Gasteiger partial charge is 0.0909 e. The summed E-state index contributed by atoms with van der Waals surface area (Å²) in [6, 6.07) is 1.06. The summed E-state index contributed by atoms with van der Waals surface area (Å²) in [5, 5.41) is 13.6. The molecule has 0 saturated carbocycles. The fraction of sp³-hybridized carbons (Fsp3) is 1.00. The molecular weight excluding hydrogens is 190 g/mol. The van der Waals surface area contributed by atoms with E-state index in [1.807, 2.05) is 0 Å². The highest BCUT2D eigenvalue weighted by Crippen LogP contribution is 2.33. The van der Waals surface area contributed by atoms with Crippen molar-refractivity contribution in [2.24, 2.45) is 0 Å². The van der Waals surface area contributed by atoms with E-state index in [0.717, 1.165) is 12.8 Å². The van der Waals surface area contributed by atoms with Crippen LogP contribution in [0.15, 0.2) is 0 Å². The lowest BCUT2D eigenvalue weighted by Gasteiger charge is -2.36. The third kappa shape index (κ3) is 2.34. The molecule has 2 aliphatic heterocycles. The van der Waals surface area contributed by atoms with Gasteiger partial charge in [0.1, 0.15) is 0 Å². The second-order valence-electron chi connectivity index (χ2n) is 4.20. The maximum absolute atomic E-state index is 10.1. The maximum atomic E-state index is 10.1. The van der Waals surface area contributed by atoms with E-state index in [-0.39, 0.29) is 12.4 Å². The highest BCUT2D eigenvalue weighted by Gasteiger charge is 2.42. The Morgan fingerprint density at radius 3 is 2.38 bits per heavy atom. The van der Waals surface area contributed by atoms with Crippen LogP contribution in [0.1, 0.15) is 25.7 Å². The van der Waals surface area contributed by atoms with Crippen LogP contribution in [0.2, 0.25) is 0 Å². The molecule has 0 radical (unpaired) electrons. The SMILES string of the molecule is COCC1(O)CC2CCC(C1)N2.Cl. The van der Waals surface area contributed by atoms with E-state index in [0.29, 0.717) is 18.7 Å². The predicted octanol–water partition coefficient (Wildman–Crippen LogP) is 0.700. The van der Waals surface area contributed by atoms with Crippen molar-refractivity contribution < 1.29 is 9.84 Å². The zero-order valence-corrected chi connectivity index (χ0v) is 8.77. The minimum absolute atomic E-state index is 0. The fourth-order valence-corrected chi connectivity index (χ4v) is 2.61. The predicted molar refractivity (Wildman–Crippen MR) is 53.3 cm³/mol. The summed E-state index contributed by atoms with van der Waals surface area (Å²) < 4.78 is 5.03. The number of ether oxygens (including phenoxy) is 1. The number of hydrogen-bond acceptors (Lipinski definition) is 3. The first kappa shape index (κ1) is 11.2. The summed E-state index contributed by atoms with van der Waals surface area (Å²) in [6.45, 7) is 0.488. The quantitative estimate of drug-likeness (QED) is 0.701. The molecule has 0 aromatic carbocycles. The molecule has 2 unspecified atom stereocenters. The van der Waals surface area contributed by atoms with Crippen LogP contribution in [0, 0.1) is 0 Å². The van der Waals surface area contributed by atoms with Crippen molar-refractivity contribution >= 4 is 12.4 Å². The number of aliphatic hydroxyl groups is 1. The van der Waals surface area contributed by atoms with E-state index >= 15 is 0 Å². The molecule has 0 aromatic rings. The molecule has 3 nitrogen and oxygen atoms in total. The summed E-state index contributed by atoms with van der Waals surface area (Å²) in [5.41, 5.74) is -0.550. The Labute approximate surface area is 85.3 Å². The molecule has 2 aliphatic rings. The zero-order chi connectivity index (χ0) is 8.60. The average Bonchev–Trinajstić information content (AvgIpc) is 2.31. The molecule has 2 heterocycles. The number of rotatable bonds is 2. The third-order valence-corrected chi connectivity index (χ3v) is 3.00. The van der Waals surface area contributed by atoms with Gasteiger partial charge in [-0.15, -0.1) is 12.4 Å². The van der Waals surface area contributed by atoms with Crippen molar-refractivity contribution in [3.63, 3.8) is 0 Å². The van der Waals surface area contributed by atoms with Crippen LogP contribution in [-0.4, -0.2) is 36.5 Å². The van der Waals surface area contributed by atoms with E-state index in [2.05, 4.69) is 5.32 Å². The number of methoxy groups -OCH3 is 1. The Kier molecular flexibility index (Phi) is 3.57. The molecule has 0 spiro atoms. The van der Waals surface area contributed by atoms with Gasteiger partial charge in [-0.1, -0.05) is 0 Å². The van der Waals surface area contributed by atoms with Crippen LogP contribution in [0.4, 0.5) is 0 Å². The van der Waals surface area contributed by atoms with Gasteiger partial charge in [-0.25, -0.2) is 0 Å². The number of hydrogen-bond donors (Lipinski definition) is 2. The van der Waals surface area contributed by atoms with Crippen molar-refractivity contribution in [1.82, 2.24) is 5.32 Å². The van der Waals surface area contributed by atoms with Gasteiger partial charge in [0, 0.05) is 19.2 Å². The van der Waals surface area contributed by atoms with Crippen molar-refractivity contribution in [2.45, 2.75) is 43.4 Å². The van der Waals surface area contributed by atoms with Gasteiger partial charge in [-0.3, -0.25) is 0 Å². The summed E-state index contributed by atoms with van der Waals surface area (Å²) in [5.74, 6) is 0. The van der Waals surface area contributed by atoms with Gasteiger partial charge < -0.3 is 15.2 Å². The molecule has 2 fully saturated rings. The van der Waals surface area contributed by atoms with Gasteiger partial charge in [-0.2, -0.15) is 0 Å². The third-order valence-electron chi connectivity index (χ3n) is 3.00. The summed E-state index contributed by atoms with van der Waals surface area (Å²) in [6.07, 6.45) is 4.15. The Balaban J connectivity index is 0.000000845. The molecule has 78 valence electrons. The maximum Gasteiger partial charge on any atom is 0.0909 e. The van der Waals surface area contributed by atoms with Gasteiger partial charge in [0.2, 0.25) is 0 Å². The van der Waals surface area contributed by atoms with Crippen molar-refractivity contribution in [2.75, 3.05) is 13.7 Å². The second-order valence-corrected chi connectivity index (χ2v) is 4.20. The van der Waals surface area contributed by atoms with Gasteiger partial charge in [0.05, 0.1) is 12.2 Å². The Morgan fingerprint density at radius 1 is 1.38 bits per heavy atom. The number of nitrogens with one attached hydrogen (secondary N) is 1. The highest BCUT2D eigenvalue weighted by molar-refractivity contribution is 5.85. The van der Waals surface area contributed by atoms with Crippen molar-refractivity contribution in [3.8, 4) is 0 Å². The molecule has 0 aliphatic carbocycles. The first-order valence-electron chi connectivity index (χ1n) is 4.69. The van der Waals surface area contributed by atoms with Gasteiger partial charge in [-0.05, 0) is 25.7 Å². The standard InChI is InChI=1S/C9H17NO2.ClH/c1-12-6-9(11)4-7-2-3-8(5-9)10-7;/h7-8,10-11H,2-6H2,1H3;1H. The Morgan fingerprint density at radius 2 is 1.92 bits per heavy atom. The molecule has 2 bridgehead atoms. The second kappa shape index (κ2) is 4.13. The van der Waals surface area contributed by atoms with Crippen molar-refractivity contribution in [1.29, 1.82) is 0 Å². The number of halogens is 1. The van der Waals surface area contributed by atoms with E-state index in [1.165, 1.54) is 12.8 Å². The summed E-state index contributed by atoms with van der Waals surface area (Å²) in [4.78, 5) is 0. The number of piperidine rings is 1. The van der Waals surface area contributed by atoms with Crippen LogP contribution < -0.4 is 5.32 Å². The highest BCUT2D eigenvalue weighted by atomic mass is 35.5. The average molecular weight is 208 g/mol. The lowest BCUT2D eigenvalue weighted by Crippen LogP contribution is -2.50. The largest absolute Gasteiger partial charge is 0.387 e. The van der Waals surface area contributed by atoms with Crippen LogP contribution in [0.25, 0.3) is 0 Å². The molecule has 13 heavy (non-hydrogen) atoms. The van der Waals surface area contributed by atoms with Gasteiger partial charge in [0.25, 0.3) is 0 Å². The molecule has 0 amide bonds. The lowest BCUT2D eigenvalue weighted by molar-refractivity contribution is -0.0626. The Hall–Kier alpha value is 0.170. The molecule has 2 N–H and O–H groups in total. The Bertz CT molecular complexity index is 165. The van der Waals surface area contributed by atoms with Crippen LogP contribution >= 0.6 is 12.4 Å². The topological polar surface area (TPSA) is 41.5 Å². The van der Waals surface area contributed by atoms with Crippen LogP contribution in [0.3, 0.4) is 0 Å². The molecule has 2 rings (SSSR count). The van der Waals surface area contributed by atoms with E-state index in [4.69, 9.17) is 4.74 Å². The first-order chi connectivity index (χ1) is 5.72. The lowest BCUT2D eigenvalue weighted by atomic mass is 9.88. The minimum Gasteiger partial charge on any atom is -0.387 e. The molecule has 0 aromatic heterocycles. The van der Waals surface area contributed by atoms with E-state index < -0.39 is 5.60 Å². The van der Waals surface area contributed by atoms with E-state index in [1.54, 1.807) is 7.11 Å². The molecule has 4 heteroatoms. The van der Waals surface area contributed by atoms with E-state index in [9.17, 15) is 5.11 Å². The summed E-state index contributed by atoms with van der Waals surface area (Å²) >= 11 is 0. The fourth-order valence-electron chi connectivity index (χ4n) is 2.61. The minimum atomic E-state index is -0.550. The van der Waals surface area contributed by atoms with Crippen LogP contribution in [0.5, 0.6) is 0 Å². The number of fused-ring (bicyclic) bond motifs is 2. The summed E-state index contributed by atoms with van der Waals surface area (Å²) in [7, 11) is 1.65. The molecule has 2 saturated heterocycles. The molecular formula is C9H18ClNO2.